The van der Waals surface area contributed by atoms with Crippen LogP contribution in [0.25, 0.3) is 10.9 Å². The number of H-pyrrole nitrogens is 1. The van der Waals surface area contributed by atoms with Gasteiger partial charge in [0.1, 0.15) is 5.75 Å². The van der Waals surface area contributed by atoms with Gasteiger partial charge in [-0.2, -0.15) is 0 Å². The fraction of sp³-hybridized carbons (Fsp3) is 0.167. The molecule has 0 atom stereocenters. The van der Waals surface area contributed by atoms with Crippen molar-refractivity contribution < 1.29 is 9.90 Å². The first kappa shape index (κ1) is 15.4. The summed E-state index contributed by atoms with van der Waals surface area (Å²) in [5.41, 5.74) is 2.78. The van der Waals surface area contributed by atoms with Gasteiger partial charge in [0.15, 0.2) is 0 Å². The number of phenols is 1. The highest BCUT2D eigenvalue weighted by Crippen LogP contribution is 2.22. The molecule has 0 aliphatic rings. The summed E-state index contributed by atoms with van der Waals surface area (Å²) >= 11 is 6.03. The third-order valence-corrected chi connectivity index (χ3v) is 4.02. The highest BCUT2D eigenvalue weighted by molar-refractivity contribution is 6.31. The number of fused-ring (bicyclic) bond motifs is 1. The van der Waals surface area contributed by atoms with Crippen molar-refractivity contribution in [3.8, 4) is 5.75 Å². The number of para-hydroxylation sites is 1. The largest absolute Gasteiger partial charge is 0.508 e. The molecule has 23 heavy (non-hydrogen) atoms. The maximum absolute atomic E-state index is 12.0. The molecular formula is C18H17ClN2O2. The lowest BCUT2D eigenvalue weighted by Crippen LogP contribution is -2.27. The number of nitrogens with one attached hydrogen (secondary N) is 2. The zero-order valence-electron chi connectivity index (χ0n) is 12.5. The van der Waals surface area contributed by atoms with E-state index in [1.165, 1.54) is 0 Å². The highest BCUT2D eigenvalue weighted by Gasteiger charge is 2.08. The third-order valence-electron chi connectivity index (χ3n) is 3.79. The van der Waals surface area contributed by atoms with Gasteiger partial charge in [0.05, 0.1) is 6.42 Å². The predicted molar refractivity (Wildman–Crippen MR) is 91.8 cm³/mol. The van der Waals surface area contributed by atoms with Crippen LogP contribution >= 0.6 is 11.6 Å². The van der Waals surface area contributed by atoms with Crippen LogP contribution in [0.15, 0.2) is 48.7 Å². The van der Waals surface area contributed by atoms with E-state index < -0.39 is 0 Å². The summed E-state index contributed by atoms with van der Waals surface area (Å²) in [6.07, 6.45) is 2.83. The number of benzene rings is 2. The van der Waals surface area contributed by atoms with E-state index >= 15 is 0 Å². The molecule has 3 rings (SSSR count). The lowest BCUT2D eigenvalue weighted by atomic mass is 10.1. The van der Waals surface area contributed by atoms with Gasteiger partial charge in [-0.25, -0.2) is 0 Å². The number of amides is 1. The Morgan fingerprint density at radius 3 is 2.83 bits per heavy atom. The van der Waals surface area contributed by atoms with E-state index in [1.54, 1.807) is 24.3 Å². The number of halogens is 1. The van der Waals surface area contributed by atoms with Crippen molar-refractivity contribution in [1.82, 2.24) is 10.3 Å². The van der Waals surface area contributed by atoms with Crippen LogP contribution in [-0.2, 0) is 17.6 Å². The summed E-state index contributed by atoms with van der Waals surface area (Å²) in [6, 6.07) is 12.6. The Morgan fingerprint density at radius 1 is 1.17 bits per heavy atom. The molecule has 118 valence electrons. The number of aromatic nitrogens is 1. The van der Waals surface area contributed by atoms with Gasteiger partial charge in [0.2, 0.25) is 5.91 Å². The molecular weight excluding hydrogens is 312 g/mol. The Morgan fingerprint density at radius 2 is 2.00 bits per heavy atom. The molecule has 3 N–H and O–H groups in total. The average molecular weight is 329 g/mol. The Kier molecular flexibility index (Phi) is 4.53. The molecule has 1 heterocycles. The molecule has 0 bridgehead atoms. The van der Waals surface area contributed by atoms with Crippen LogP contribution in [0.3, 0.4) is 0 Å². The monoisotopic (exact) mass is 328 g/mol. The van der Waals surface area contributed by atoms with Crippen LogP contribution in [0, 0.1) is 0 Å². The molecule has 5 heteroatoms. The number of rotatable bonds is 5. The maximum Gasteiger partial charge on any atom is 0.224 e. The number of carbonyl (C=O) groups excluding carboxylic acids is 1. The number of aromatic amines is 1. The molecule has 0 saturated heterocycles. The minimum absolute atomic E-state index is 0.107. The van der Waals surface area contributed by atoms with Crippen molar-refractivity contribution in [1.29, 1.82) is 0 Å². The number of hydrogen-bond acceptors (Lipinski definition) is 2. The smallest absolute Gasteiger partial charge is 0.224 e. The van der Waals surface area contributed by atoms with E-state index in [9.17, 15) is 9.90 Å². The average Bonchev–Trinajstić information content (AvgIpc) is 2.92. The number of hydrogen-bond donors (Lipinski definition) is 3. The summed E-state index contributed by atoms with van der Waals surface area (Å²) in [5.74, 6) is 0.0401. The van der Waals surface area contributed by atoms with Gasteiger partial charge in [0, 0.05) is 34.2 Å². The molecule has 0 aliphatic carbocycles. The molecule has 0 spiro atoms. The second kappa shape index (κ2) is 6.75. The quantitative estimate of drug-likeness (QED) is 0.672. The van der Waals surface area contributed by atoms with E-state index in [0.717, 1.165) is 16.5 Å². The van der Waals surface area contributed by atoms with Crippen LogP contribution in [0.4, 0.5) is 0 Å². The number of aromatic hydroxyl groups is 1. The second-order valence-electron chi connectivity index (χ2n) is 5.41. The predicted octanol–water partition coefficient (Wildman–Crippen LogP) is 3.43. The fourth-order valence-corrected chi connectivity index (χ4v) is 2.76. The first-order valence-electron chi connectivity index (χ1n) is 7.42. The van der Waals surface area contributed by atoms with Crippen LogP contribution in [0.1, 0.15) is 11.1 Å². The Hall–Kier alpha value is -2.46. The molecule has 0 saturated carbocycles. The number of carbonyl (C=O) groups is 1. The first-order valence-corrected chi connectivity index (χ1v) is 7.80. The lowest BCUT2D eigenvalue weighted by molar-refractivity contribution is -0.120. The fourth-order valence-electron chi connectivity index (χ4n) is 2.59. The van der Waals surface area contributed by atoms with E-state index in [-0.39, 0.29) is 18.1 Å². The van der Waals surface area contributed by atoms with Gasteiger partial charge in [0.25, 0.3) is 0 Å². The molecule has 0 aliphatic heterocycles. The molecule has 0 unspecified atom stereocenters. The van der Waals surface area contributed by atoms with Gasteiger partial charge >= 0.3 is 0 Å². The van der Waals surface area contributed by atoms with Crippen molar-refractivity contribution in [3.63, 3.8) is 0 Å². The SMILES string of the molecule is O=C(Cc1ccccc1O)NCCc1c[nH]c2ccc(Cl)cc12. The van der Waals surface area contributed by atoms with E-state index in [4.69, 9.17) is 11.6 Å². The Bertz CT molecular complexity index is 842. The topological polar surface area (TPSA) is 65.1 Å². The van der Waals surface area contributed by atoms with E-state index in [1.807, 2.05) is 24.4 Å². The van der Waals surface area contributed by atoms with Crippen molar-refractivity contribution >= 4 is 28.4 Å². The minimum atomic E-state index is -0.107. The minimum Gasteiger partial charge on any atom is -0.508 e. The standard InChI is InChI=1S/C18H17ClN2O2/c19-14-5-6-16-15(10-14)13(11-21-16)7-8-20-18(23)9-12-3-1-2-4-17(12)22/h1-6,10-11,21-22H,7-9H2,(H,20,23). The normalized spacial score (nSPS) is 10.8. The van der Waals surface area contributed by atoms with Gasteiger partial charge in [-0.15, -0.1) is 0 Å². The molecule has 0 fully saturated rings. The Labute approximate surface area is 139 Å². The summed E-state index contributed by atoms with van der Waals surface area (Å²) in [7, 11) is 0. The lowest BCUT2D eigenvalue weighted by Gasteiger charge is -2.06. The summed E-state index contributed by atoms with van der Waals surface area (Å²) in [4.78, 5) is 15.2. The molecule has 0 radical (unpaired) electrons. The summed E-state index contributed by atoms with van der Waals surface area (Å²) in [5, 5.41) is 14.3. The molecule has 4 nitrogen and oxygen atoms in total. The highest BCUT2D eigenvalue weighted by atomic mass is 35.5. The van der Waals surface area contributed by atoms with Gasteiger partial charge < -0.3 is 15.4 Å². The third kappa shape index (κ3) is 3.66. The maximum atomic E-state index is 12.0. The molecule has 3 aromatic rings. The van der Waals surface area contributed by atoms with Crippen molar-refractivity contribution in [2.75, 3.05) is 6.54 Å². The zero-order chi connectivity index (χ0) is 16.2. The second-order valence-corrected chi connectivity index (χ2v) is 5.85. The van der Waals surface area contributed by atoms with Crippen molar-refractivity contribution in [2.24, 2.45) is 0 Å². The Balaban J connectivity index is 1.57. The van der Waals surface area contributed by atoms with Crippen LogP contribution in [0.5, 0.6) is 5.75 Å². The van der Waals surface area contributed by atoms with E-state index in [2.05, 4.69) is 10.3 Å². The summed E-state index contributed by atoms with van der Waals surface area (Å²) < 4.78 is 0. The number of phenolic OH excluding ortho intramolecular Hbond substituents is 1. The van der Waals surface area contributed by atoms with Crippen LogP contribution in [-0.4, -0.2) is 22.5 Å². The van der Waals surface area contributed by atoms with Crippen molar-refractivity contribution in [2.45, 2.75) is 12.8 Å². The van der Waals surface area contributed by atoms with Gasteiger partial charge in [-0.3, -0.25) is 4.79 Å². The molecule has 2 aromatic carbocycles. The summed E-state index contributed by atoms with van der Waals surface area (Å²) in [6.45, 7) is 0.534. The van der Waals surface area contributed by atoms with E-state index in [0.29, 0.717) is 23.6 Å². The first-order chi connectivity index (χ1) is 11.1. The van der Waals surface area contributed by atoms with Gasteiger partial charge in [-0.05, 0) is 36.2 Å². The molecule has 1 amide bonds. The van der Waals surface area contributed by atoms with Gasteiger partial charge in [-0.1, -0.05) is 29.8 Å². The van der Waals surface area contributed by atoms with Crippen molar-refractivity contribution in [3.05, 3.63) is 64.8 Å². The van der Waals surface area contributed by atoms with Crippen LogP contribution in [0.2, 0.25) is 5.02 Å². The molecule has 1 aromatic heterocycles. The van der Waals surface area contributed by atoms with Crippen LogP contribution < -0.4 is 5.32 Å². The zero-order valence-corrected chi connectivity index (χ0v) is 13.2.